The first-order chi connectivity index (χ1) is 8.78. The summed E-state index contributed by atoms with van der Waals surface area (Å²) >= 11 is 0.723. The molecule has 4 atom stereocenters. The number of hydrogen-bond donors (Lipinski definition) is 4. The Balaban J connectivity index is 2.51. The highest BCUT2D eigenvalue weighted by molar-refractivity contribution is 8.00. The highest BCUT2D eigenvalue weighted by Gasteiger charge is 2.56. The summed E-state index contributed by atoms with van der Waals surface area (Å²) < 4.78 is 14.9. The normalized spacial score (nSPS) is 34.7. The Bertz CT molecular complexity index is 598. The number of aromatic amines is 1. The summed E-state index contributed by atoms with van der Waals surface area (Å²) in [6.07, 6.45) is -0.720. The smallest absolute Gasteiger partial charge is 0.329 e. The topological polar surface area (TPSA) is 116 Å². The van der Waals surface area contributed by atoms with Crippen molar-refractivity contribution in [1.29, 1.82) is 0 Å². The monoisotopic (exact) mass is 292 g/mol. The first-order valence-corrected chi connectivity index (χ1v) is 6.41. The van der Waals surface area contributed by atoms with Crippen LogP contribution in [0.25, 0.3) is 0 Å². The van der Waals surface area contributed by atoms with E-state index in [1.54, 1.807) is 0 Å². The Morgan fingerprint density at radius 1 is 1.58 bits per heavy atom. The Morgan fingerprint density at radius 3 is 2.74 bits per heavy atom. The van der Waals surface area contributed by atoms with Gasteiger partial charge in [0.1, 0.15) is 11.5 Å². The van der Waals surface area contributed by atoms with Gasteiger partial charge in [0.05, 0.1) is 11.9 Å². The number of halogens is 1. The molecule has 4 N–H and O–H groups in total. The molecule has 7 nitrogen and oxygen atoms in total. The summed E-state index contributed by atoms with van der Waals surface area (Å²) in [4.78, 5) is 24.9. The van der Waals surface area contributed by atoms with Gasteiger partial charge in [-0.3, -0.25) is 14.3 Å². The lowest BCUT2D eigenvalue weighted by molar-refractivity contribution is -0.173. The van der Waals surface area contributed by atoms with E-state index in [4.69, 9.17) is 5.11 Å². The second-order valence-corrected chi connectivity index (χ2v) is 5.68. The maximum Gasteiger partial charge on any atom is 0.329 e. The van der Waals surface area contributed by atoms with Gasteiger partial charge in [-0.2, -0.15) is 0 Å². The minimum atomic E-state index is -3.08. The van der Waals surface area contributed by atoms with Crippen LogP contribution in [0.2, 0.25) is 0 Å². The SMILES string of the molecule is Cc1cn(C2S[C@H](CO)[C@@H](O)[C@@]2(O)F)c(=O)[nH]c1=O. The molecule has 1 aromatic heterocycles. The highest BCUT2D eigenvalue weighted by atomic mass is 32.2. The molecule has 0 saturated carbocycles. The van der Waals surface area contributed by atoms with Gasteiger partial charge in [0.2, 0.25) is 0 Å². The van der Waals surface area contributed by atoms with Crippen molar-refractivity contribution in [2.24, 2.45) is 0 Å². The van der Waals surface area contributed by atoms with Gasteiger partial charge in [-0.05, 0) is 6.92 Å². The molecule has 1 saturated heterocycles. The maximum absolute atomic E-state index is 14.1. The maximum atomic E-state index is 14.1. The van der Waals surface area contributed by atoms with Crippen molar-refractivity contribution in [2.45, 2.75) is 29.5 Å². The Hall–Kier alpha value is -1.16. The van der Waals surface area contributed by atoms with Crippen molar-refractivity contribution < 1.29 is 19.7 Å². The van der Waals surface area contributed by atoms with E-state index in [0.29, 0.717) is 0 Å². The van der Waals surface area contributed by atoms with E-state index >= 15 is 0 Å². The summed E-state index contributed by atoms with van der Waals surface area (Å²) in [6, 6.07) is 0. The first kappa shape index (κ1) is 14.3. The molecule has 1 aromatic rings. The van der Waals surface area contributed by atoms with E-state index < -0.39 is 40.4 Å². The molecule has 106 valence electrons. The summed E-state index contributed by atoms with van der Waals surface area (Å²) in [5.41, 5.74) is -1.33. The lowest BCUT2D eigenvalue weighted by atomic mass is 10.1. The summed E-state index contributed by atoms with van der Waals surface area (Å²) in [6.45, 7) is 0.872. The number of H-pyrrole nitrogens is 1. The number of hydrogen-bond acceptors (Lipinski definition) is 6. The number of aromatic nitrogens is 2. The third kappa shape index (κ3) is 2.22. The van der Waals surface area contributed by atoms with Crippen molar-refractivity contribution in [3.05, 3.63) is 32.6 Å². The molecule has 1 aliphatic rings. The quantitative estimate of drug-likeness (QED) is 0.526. The number of thioether (sulfide) groups is 1. The van der Waals surface area contributed by atoms with Crippen molar-refractivity contribution in [1.82, 2.24) is 9.55 Å². The number of nitrogens with zero attached hydrogens (tertiary/aromatic N) is 1. The molecule has 1 fully saturated rings. The standard InChI is InChI=1S/C10H13FN2O5S/c1-4-2-13(9(17)12-7(4)16)8-10(11,18)6(15)5(3-14)19-8/h2,5-6,8,14-15,18H,3H2,1H3,(H,12,16,17)/t5-,6-,8?,10+/m1/s1. The molecule has 1 aliphatic heterocycles. The number of nitrogens with one attached hydrogen (secondary N) is 1. The average molecular weight is 292 g/mol. The molecule has 0 aliphatic carbocycles. The van der Waals surface area contributed by atoms with Crippen molar-refractivity contribution >= 4 is 11.8 Å². The number of rotatable bonds is 2. The lowest BCUT2D eigenvalue weighted by Gasteiger charge is -2.24. The zero-order valence-corrected chi connectivity index (χ0v) is 10.7. The van der Waals surface area contributed by atoms with Crippen LogP contribution in [0.15, 0.2) is 15.8 Å². The van der Waals surface area contributed by atoms with Gasteiger partial charge in [-0.25, -0.2) is 9.18 Å². The fourth-order valence-corrected chi connectivity index (χ4v) is 3.28. The molecule has 2 rings (SSSR count). The van der Waals surface area contributed by atoms with Crippen LogP contribution in [0, 0.1) is 6.92 Å². The molecule has 0 amide bonds. The van der Waals surface area contributed by atoms with E-state index in [-0.39, 0.29) is 5.56 Å². The zero-order valence-electron chi connectivity index (χ0n) is 9.91. The first-order valence-electron chi connectivity index (χ1n) is 5.46. The fraction of sp³-hybridized carbons (Fsp3) is 0.600. The van der Waals surface area contributed by atoms with Crippen molar-refractivity contribution in [3.63, 3.8) is 0 Å². The number of aryl methyl sites for hydroxylation is 1. The molecule has 9 heteroatoms. The summed E-state index contributed by atoms with van der Waals surface area (Å²) in [5, 5.41) is 25.8. The number of alkyl halides is 1. The van der Waals surface area contributed by atoms with Gasteiger partial charge in [0.15, 0.2) is 0 Å². The molecule has 0 bridgehead atoms. The lowest BCUT2D eigenvalue weighted by Crippen LogP contribution is -2.45. The van der Waals surface area contributed by atoms with Crippen LogP contribution < -0.4 is 11.2 Å². The van der Waals surface area contributed by atoms with Crippen LogP contribution in [-0.2, 0) is 0 Å². The molecular formula is C10H13FN2O5S. The largest absolute Gasteiger partial charge is 0.395 e. The van der Waals surface area contributed by atoms with Crippen molar-refractivity contribution in [3.8, 4) is 0 Å². The van der Waals surface area contributed by atoms with E-state index in [0.717, 1.165) is 22.5 Å². The van der Waals surface area contributed by atoms with E-state index in [1.165, 1.54) is 6.92 Å². The minimum absolute atomic E-state index is 0.165. The molecule has 0 aromatic carbocycles. The summed E-state index contributed by atoms with van der Waals surface area (Å²) in [5.74, 6) is -3.08. The van der Waals surface area contributed by atoms with Crippen LogP contribution in [0.3, 0.4) is 0 Å². The minimum Gasteiger partial charge on any atom is -0.395 e. The third-order valence-electron chi connectivity index (χ3n) is 3.00. The molecular weight excluding hydrogens is 279 g/mol. The van der Waals surface area contributed by atoms with Crippen LogP contribution in [-0.4, -0.2) is 48.7 Å². The Labute approximate surface area is 110 Å². The van der Waals surface area contributed by atoms with Gasteiger partial charge in [0, 0.05) is 11.8 Å². The van der Waals surface area contributed by atoms with Gasteiger partial charge in [-0.1, -0.05) is 0 Å². The van der Waals surface area contributed by atoms with Crippen LogP contribution in [0.5, 0.6) is 0 Å². The molecule has 0 radical (unpaired) electrons. The second-order valence-electron chi connectivity index (χ2n) is 4.36. The number of aliphatic hydroxyl groups is 3. The van der Waals surface area contributed by atoms with Gasteiger partial charge in [-0.15, -0.1) is 11.8 Å². The average Bonchev–Trinajstić information content (AvgIpc) is 2.56. The molecule has 1 unspecified atom stereocenters. The molecule has 19 heavy (non-hydrogen) atoms. The van der Waals surface area contributed by atoms with Crippen LogP contribution in [0.1, 0.15) is 10.9 Å². The predicted octanol–water partition coefficient (Wildman–Crippen LogP) is -1.53. The number of aliphatic hydroxyl groups excluding tert-OH is 2. The van der Waals surface area contributed by atoms with E-state index in [1.807, 2.05) is 4.98 Å². The Morgan fingerprint density at radius 2 is 2.21 bits per heavy atom. The molecule has 0 spiro atoms. The van der Waals surface area contributed by atoms with E-state index in [2.05, 4.69) is 0 Å². The third-order valence-corrected chi connectivity index (χ3v) is 4.57. The zero-order chi connectivity index (χ0) is 14.4. The summed E-state index contributed by atoms with van der Waals surface area (Å²) in [7, 11) is 0. The van der Waals surface area contributed by atoms with Crippen molar-refractivity contribution in [2.75, 3.05) is 6.61 Å². The fourth-order valence-electron chi connectivity index (χ4n) is 1.91. The van der Waals surface area contributed by atoms with Gasteiger partial charge < -0.3 is 15.3 Å². The van der Waals surface area contributed by atoms with Gasteiger partial charge in [0.25, 0.3) is 11.4 Å². The molecule has 2 heterocycles. The van der Waals surface area contributed by atoms with Crippen LogP contribution >= 0.6 is 11.8 Å². The predicted molar refractivity (Wildman–Crippen MR) is 65.6 cm³/mol. The Kier molecular flexibility index (Phi) is 3.56. The van der Waals surface area contributed by atoms with Crippen LogP contribution in [0.4, 0.5) is 4.39 Å². The highest BCUT2D eigenvalue weighted by Crippen LogP contribution is 2.48. The van der Waals surface area contributed by atoms with Gasteiger partial charge >= 0.3 is 5.69 Å². The second kappa shape index (κ2) is 4.75. The van der Waals surface area contributed by atoms with E-state index in [9.17, 15) is 24.2 Å².